The van der Waals surface area contributed by atoms with Crippen molar-refractivity contribution in [3.8, 4) is 0 Å². The van der Waals surface area contributed by atoms with E-state index in [1.54, 1.807) is 6.92 Å². The lowest BCUT2D eigenvalue weighted by Gasteiger charge is -2.12. The van der Waals surface area contributed by atoms with Crippen molar-refractivity contribution in [1.29, 1.82) is 0 Å². The first-order chi connectivity index (χ1) is 9.27. The van der Waals surface area contributed by atoms with Gasteiger partial charge in [0, 0.05) is 18.0 Å². The van der Waals surface area contributed by atoms with Crippen LogP contribution in [0.1, 0.15) is 11.1 Å². The minimum Gasteiger partial charge on any atom is -0.398 e. The molecule has 0 saturated heterocycles. The molecule has 1 aromatic carbocycles. The van der Waals surface area contributed by atoms with Crippen LogP contribution in [0.2, 0.25) is 5.02 Å². The largest absolute Gasteiger partial charge is 0.416 e. The Kier molecular flexibility index (Phi) is 3.76. The molecule has 2 aromatic rings. The van der Waals surface area contributed by atoms with Crippen LogP contribution in [0, 0.1) is 6.92 Å². The van der Waals surface area contributed by atoms with Crippen LogP contribution < -0.4 is 11.1 Å². The molecule has 0 unspecified atom stereocenters. The van der Waals surface area contributed by atoms with E-state index in [1.807, 2.05) is 0 Å². The number of nitrogens with two attached hydrogens (primary N) is 1. The summed E-state index contributed by atoms with van der Waals surface area (Å²) < 4.78 is 37.9. The summed E-state index contributed by atoms with van der Waals surface area (Å²) in [6.45, 7) is 1.78. The molecule has 0 saturated carbocycles. The van der Waals surface area contributed by atoms with Crippen molar-refractivity contribution in [2.45, 2.75) is 13.1 Å². The standard InChI is InChI=1S/C13H11ClF3N3/c1-7-6-19-12(5-10(7)18)20-11-4-8(13(15,16)17)2-3-9(11)14/h2-6H,1H3,(H3,18,19,20). The number of aromatic nitrogens is 1. The minimum atomic E-state index is -4.43. The van der Waals surface area contributed by atoms with Gasteiger partial charge in [-0.15, -0.1) is 0 Å². The Morgan fingerprint density at radius 2 is 1.95 bits per heavy atom. The van der Waals surface area contributed by atoms with Crippen molar-refractivity contribution in [3.63, 3.8) is 0 Å². The van der Waals surface area contributed by atoms with Crippen LogP contribution in [0.4, 0.5) is 30.4 Å². The average Bonchev–Trinajstić information content (AvgIpc) is 2.35. The van der Waals surface area contributed by atoms with E-state index in [1.165, 1.54) is 18.3 Å². The second-order valence-electron chi connectivity index (χ2n) is 4.24. The number of nitrogens with one attached hydrogen (secondary N) is 1. The molecule has 1 heterocycles. The molecule has 0 atom stereocenters. The van der Waals surface area contributed by atoms with E-state index in [0.717, 1.165) is 17.7 Å². The number of nitrogen functional groups attached to an aromatic ring is 1. The molecule has 3 nitrogen and oxygen atoms in total. The number of nitrogens with zero attached hydrogens (tertiary/aromatic N) is 1. The molecule has 20 heavy (non-hydrogen) atoms. The Morgan fingerprint density at radius 3 is 2.55 bits per heavy atom. The quantitative estimate of drug-likeness (QED) is 0.865. The monoisotopic (exact) mass is 301 g/mol. The fourth-order valence-corrected chi connectivity index (χ4v) is 1.71. The molecule has 1 aromatic heterocycles. The first-order valence-electron chi connectivity index (χ1n) is 5.63. The van der Waals surface area contributed by atoms with Gasteiger partial charge < -0.3 is 11.1 Å². The molecule has 0 spiro atoms. The van der Waals surface area contributed by atoms with Crippen LogP contribution in [0.5, 0.6) is 0 Å². The first kappa shape index (κ1) is 14.5. The number of hydrogen-bond acceptors (Lipinski definition) is 3. The molecule has 2 rings (SSSR count). The van der Waals surface area contributed by atoms with Gasteiger partial charge in [-0.3, -0.25) is 0 Å². The van der Waals surface area contributed by atoms with Gasteiger partial charge in [0.1, 0.15) is 5.82 Å². The lowest BCUT2D eigenvalue weighted by molar-refractivity contribution is -0.137. The van der Waals surface area contributed by atoms with E-state index < -0.39 is 11.7 Å². The minimum absolute atomic E-state index is 0.122. The van der Waals surface area contributed by atoms with Gasteiger partial charge in [0.05, 0.1) is 16.3 Å². The van der Waals surface area contributed by atoms with Crippen LogP contribution >= 0.6 is 11.6 Å². The summed E-state index contributed by atoms with van der Waals surface area (Å²) in [4.78, 5) is 4.04. The summed E-state index contributed by atoms with van der Waals surface area (Å²) >= 11 is 5.88. The fourth-order valence-electron chi connectivity index (χ4n) is 1.54. The third kappa shape index (κ3) is 3.14. The van der Waals surface area contributed by atoms with Crippen LogP contribution in [-0.4, -0.2) is 4.98 Å². The van der Waals surface area contributed by atoms with Gasteiger partial charge in [-0.05, 0) is 30.7 Å². The average molecular weight is 302 g/mol. The molecule has 0 aliphatic rings. The third-order valence-corrected chi connectivity index (χ3v) is 3.03. The van der Waals surface area contributed by atoms with Gasteiger partial charge in [-0.1, -0.05) is 11.6 Å². The van der Waals surface area contributed by atoms with Crippen LogP contribution in [0.3, 0.4) is 0 Å². The highest BCUT2D eigenvalue weighted by atomic mass is 35.5. The lowest BCUT2D eigenvalue weighted by Crippen LogP contribution is -2.06. The van der Waals surface area contributed by atoms with Gasteiger partial charge in [0.2, 0.25) is 0 Å². The molecule has 7 heteroatoms. The maximum absolute atomic E-state index is 12.6. The Labute approximate surface area is 118 Å². The molecule has 0 amide bonds. The smallest absolute Gasteiger partial charge is 0.398 e. The number of benzene rings is 1. The van der Waals surface area contributed by atoms with E-state index in [0.29, 0.717) is 11.5 Å². The van der Waals surface area contributed by atoms with E-state index in [-0.39, 0.29) is 10.7 Å². The first-order valence-corrected chi connectivity index (χ1v) is 6.01. The zero-order valence-electron chi connectivity index (χ0n) is 10.4. The van der Waals surface area contributed by atoms with E-state index in [4.69, 9.17) is 17.3 Å². The normalized spacial score (nSPS) is 11.4. The Balaban J connectivity index is 2.35. The summed E-state index contributed by atoms with van der Waals surface area (Å²) in [5.41, 5.74) is 6.33. The Hall–Kier alpha value is -1.95. The number of halogens is 4. The molecular formula is C13H11ClF3N3. The highest BCUT2D eigenvalue weighted by Crippen LogP contribution is 2.34. The maximum Gasteiger partial charge on any atom is 0.416 e. The number of alkyl halides is 3. The summed E-state index contributed by atoms with van der Waals surface area (Å²) in [5, 5.41) is 2.90. The van der Waals surface area contributed by atoms with Crippen LogP contribution in [0.15, 0.2) is 30.5 Å². The van der Waals surface area contributed by atoms with Gasteiger partial charge in [0.25, 0.3) is 0 Å². The predicted molar refractivity (Wildman–Crippen MR) is 73.1 cm³/mol. The second kappa shape index (κ2) is 5.20. The molecule has 106 valence electrons. The van der Waals surface area contributed by atoms with Crippen LogP contribution in [0.25, 0.3) is 0 Å². The maximum atomic E-state index is 12.6. The lowest BCUT2D eigenvalue weighted by atomic mass is 10.2. The van der Waals surface area contributed by atoms with Crippen molar-refractivity contribution in [2.75, 3.05) is 11.1 Å². The van der Waals surface area contributed by atoms with Crippen molar-refractivity contribution in [1.82, 2.24) is 4.98 Å². The summed E-state index contributed by atoms with van der Waals surface area (Å²) in [6.07, 6.45) is -2.90. The Bertz CT molecular complexity index is 641. The van der Waals surface area contributed by atoms with Gasteiger partial charge in [-0.2, -0.15) is 13.2 Å². The molecule has 0 bridgehead atoms. The summed E-state index contributed by atoms with van der Waals surface area (Å²) in [7, 11) is 0. The SMILES string of the molecule is Cc1cnc(Nc2cc(C(F)(F)F)ccc2Cl)cc1N. The number of pyridine rings is 1. The fraction of sp³-hybridized carbons (Fsp3) is 0.154. The topological polar surface area (TPSA) is 50.9 Å². The molecule has 0 aliphatic carbocycles. The van der Waals surface area contributed by atoms with Crippen molar-refractivity contribution >= 4 is 28.8 Å². The van der Waals surface area contributed by atoms with Gasteiger partial charge in [-0.25, -0.2) is 4.98 Å². The zero-order chi connectivity index (χ0) is 14.9. The van der Waals surface area contributed by atoms with Gasteiger partial charge in [0.15, 0.2) is 0 Å². The zero-order valence-corrected chi connectivity index (χ0v) is 11.2. The molecule has 0 radical (unpaired) electrons. The molecule has 0 fully saturated rings. The van der Waals surface area contributed by atoms with E-state index in [2.05, 4.69) is 10.3 Å². The Morgan fingerprint density at radius 1 is 1.25 bits per heavy atom. The predicted octanol–water partition coefficient (Wildman–Crippen LogP) is 4.39. The number of anilines is 3. The highest BCUT2D eigenvalue weighted by molar-refractivity contribution is 6.33. The summed E-state index contributed by atoms with van der Waals surface area (Å²) in [5.74, 6) is 0.328. The van der Waals surface area contributed by atoms with Crippen molar-refractivity contribution < 1.29 is 13.2 Å². The molecule has 3 N–H and O–H groups in total. The van der Waals surface area contributed by atoms with Crippen molar-refractivity contribution in [2.24, 2.45) is 0 Å². The molecular weight excluding hydrogens is 291 g/mol. The highest BCUT2D eigenvalue weighted by Gasteiger charge is 2.31. The number of aryl methyl sites for hydroxylation is 1. The molecule has 0 aliphatic heterocycles. The van der Waals surface area contributed by atoms with Gasteiger partial charge >= 0.3 is 6.18 Å². The third-order valence-electron chi connectivity index (χ3n) is 2.70. The number of hydrogen-bond donors (Lipinski definition) is 2. The van der Waals surface area contributed by atoms with Crippen LogP contribution in [-0.2, 0) is 6.18 Å². The second-order valence-corrected chi connectivity index (χ2v) is 4.65. The summed E-state index contributed by atoms with van der Waals surface area (Å²) in [6, 6.07) is 4.57. The van der Waals surface area contributed by atoms with E-state index in [9.17, 15) is 13.2 Å². The van der Waals surface area contributed by atoms with Crippen molar-refractivity contribution in [3.05, 3.63) is 46.6 Å². The van der Waals surface area contributed by atoms with E-state index >= 15 is 0 Å². The number of rotatable bonds is 2.